The van der Waals surface area contributed by atoms with Gasteiger partial charge in [-0.1, -0.05) is 91.0 Å². The van der Waals surface area contributed by atoms with Gasteiger partial charge in [0.25, 0.3) is 0 Å². The summed E-state index contributed by atoms with van der Waals surface area (Å²) in [6.45, 7) is 6.68. The number of fused-ring (bicyclic) bond motifs is 1. The molecule has 1 aromatic heterocycles. The molecule has 0 aliphatic carbocycles. The topological polar surface area (TPSA) is 29.3 Å². The lowest BCUT2D eigenvalue weighted by Crippen LogP contribution is -2.37. The highest BCUT2D eigenvalue weighted by atomic mass is 16.3. The quantitative estimate of drug-likeness (QED) is 0.239. The van der Waals surface area contributed by atoms with Crippen molar-refractivity contribution in [3.63, 3.8) is 0 Å². The van der Waals surface area contributed by atoms with Gasteiger partial charge in [0, 0.05) is 16.8 Å². The number of aromatic nitrogens is 1. The molecule has 0 radical (unpaired) electrons. The number of rotatable bonds is 5. The third-order valence-corrected chi connectivity index (χ3v) is 6.75. The summed E-state index contributed by atoms with van der Waals surface area (Å²) < 4.78 is 6.42. The van der Waals surface area contributed by atoms with E-state index >= 15 is 0 Å². The molecule has 0 bridgehead atoms. The van der Waals surface area contributed by atoms with Crippen molar-refractivity contribution in [2.45, 2.75) is 26.3 Å². The normalized spacial score (nSPS) is 11.6. The molecule has 0 spiro atoms. The van der Waals surface area contributed by atoms with Gasteiger partial charge in [0.1, 0.15) is 5.52 Å². The molecule has 38 heavy (non-hydrogen) atoms. The lowest BCUT2D eigenvalue weighted by molar-refractivity contribution is 0.554. The first kappa shape index (κ1) is 23.7. The lowest BCUT2D eigenvalue weighted by Gasteiger charge is -2.38. The van der Waals surface area contributed by atoms with Crippen LogP contribution in [0.3, 0.4) is 0 Å². The number of anilines is 2. The molecule has 0 fully saturated rings. The summed E-state index contributed by atoms with van der Waals surface area (Å²) in [7, 11) is 0. The molecular formula is C35H30N2O. The number of benzene rings is 5. The van der Waals surface area contributed by atoms with Crippen LogP contribution in [0.5, 0.6) is 0 Å². The van der Waals surface area contributed by atoms with Gasteiger partial charge >= 0.3 is 0 Å². The Kier molecular flexibility index (Phi) is 6.05. The summed E-state index contributed by atoms with van der Waals surface area (Å²) in [6.07, 6.45) is 0. The van der Waals surface area contributed by atoms with Crippen LogP contribution < -0.4 is 4.90 Å². The second-order valence-corrected chi connectivity index (χ2v) is 10.5. The highest BCUT2D eigenvalue weighted by molar-refractivity contribution is 5.92. The monoisotopic (exact) mass is 494 g/mol. The molecule has 3 nitrogen and oxygen atoms in total. The van der Waals surface area contributed by atoms with Crippen molar-refractivity contribution in [2.24, 2.45) is 0 Å². The average molecular weight is 495 g/mol. The highest BCUT2D eigenvalue weighted by Gasteiger charge is 2.27. The Hall–Kier alpha value is -4.63. The molecule has 5 aromatic carbocycles. The van der Waals surface area contributed by atoms with E-state index in [-0.39, 0.29) is 5.54 Å². The molecule has 0 amide bonds. The fraction of sp³-hybridized carbons (Fsp3) is 0.114. The molecule has 0 atom stereocenters. The van der Waals surface area contributed by atoms with Gasteiger partial charge in [0.2, 0.25) is 5.89 Å². The Labute approximate surface area is 224 Å². The van der Waals surface area contributed by atoms with Gasteiger partial charge < -0.3 is 9.32 Å². The molecule has 3 heteroatoms. The van der Waals surface area contributed by atoms with E-state index in [1.54, 1.807) is 0 Å². The lowest BCUT2D eigenvalue weighted by atomic mass is 9.93. The predicted molar refractivity (Wildman–Crippen MR) is 159 cm³/mol. The Morgan fingerprint density at radius 1 is 0.579 bits per heavy atom. The number of para-hydroxylation sites is 1. The first-order valence-electron chi connectivity index (χ1n) is 13.0. The van der Waals surface area contributed by atoms with Crippen LogP contribution >= 0.6 is 0 Å². The van der Waals surface area contributed by atoms with Gasteiger partial charge in [-0.05, 0) is 79.4 Å². The molecular weight excluding hydrogens is 464 g/mol. The standard InChI is InChI=1S/C35H30N2O/c1-35(2,3)37(32-23-13-22-31-33(32)38-34(36-31)26-16-8-5-9-17-26)28-19-12-18-27(24-28)30-21-11-10-20-29(30)25-14-6-4-7-15-25/h4-24H,1-3H3. The van der Waals surface area contributed by atoms with Crippen LogP contribution in [0.15, 0.2) is 132 Å². The average Bonchev–Trinajstić information content (AvgIpc) is 3.39. The summed E-state index contributed by atoms with van der Waals surface area (Å²) in [5.41, 5.74) is 9.30. The molecule has 0 aliphatic rings. The van der Waals surface area contributed by atoms with Crippen LogP contribution in [-0.2, 0) is 0 Å². The van der Waals surface area contributed by atoms with Crippen molar-refractivity contribution in [3.8, 4) is 33.7 Å². The Morgan fingerprint density at radius 3 is 1.84 bits per heavy atom. The Balaban J connectivity index is 1.49. The van der Waals surface area contributed by atoms with E-state index in [1.807, 2.05) is 36.4 Å². The third kappa shape index (κ3) is 4.48. The van der Waals surface area contributed by atoms with Gasteiger partial charge in [-0.2, -0.15) is 0 Å². The number of hydrogen-bond acceptors (Lipinski definition) is 3. The maximum Gasteiger partial charge on any atom is 0.227 e. The van der Waals surface area contributed by atoms with Crippen LogP contribution in [-0.4, -0.2) is 10.5 Å². The van der Waals surface area contributed by atoms with E-state index < -0.39 is 0 Å². The summed E-state index contributed by atoms with van der Waals surface area (Å²) in [4.78, 5) is 7.17. The number of hydrogen-bond donors (Lipinski definition) is 0. The summed E-state index contributed by atoms with van der Waals surface area (Å²) in [6, 6.07) is 44.2. The van der Waals surface area contributed by atoms with Gasteiger partial charge in [0.15, 0.2) is 5.58 Å². The maximum absolute atomic E-state index is 6.42. The fourth-order valence-corrected chi connectivity index (χ4v) is 5.12. The Bertz CT molecular complexity index is 1700. The van der Waals surface area contributed by atoms with E-state index in [0.717, 1.165) is 28.0 Å². The molecule has 0 saturated heterocycles. The molecule has 0 unspecified atom stereocenters. The van der Waals surface area contributed by atoms with Crippen LogP contribution in [0, 0.1) is 0 Å². The van der Waals surface area contributed by atoms with Crippen molar-refractivity contribution in [1.29, 1.82) is 0 Å². The van der Waals surface area contributed by atoms with Gasteiger partial charge in [0.05, 0.1) is 5.69 Å². The summed E-state index contributed by atoms with van der Waals surface area (Å²) >= 11 is 0. The molecule has 0 N–H and O–H groups in total. The van der Waals surface area contributed by atoms with E-state index in [0.29, 0.717) is 5.89 Å². The highest BCUT2D eigenvalue weighted by Crippen LogP contribution is 2.41. The van der Waals surface area contributed by atoms with Gasteiger partial charge in [-0.15, -0.1) is 0 Å². The van der Waals surface area contributed by atoms with E-state index in [9.17, 15) is 0 Å². The van der Waals surface area contributed by atoms with Crippen molar-refractivity contribution in [3.05, 3.63) is 127 Å². The predicted octanol–water partition coefficient (Wildman–Crippen LogP) is 9.77. The van der Waals surface area contributed by atoms with E-state index in [1.165, 1.54) is 22.3 Å². The third-order valence-electron chi connectivity index (χ3n) is 6.75. The Morgan fingerprint density at radius 2 is 1.16 bits per heavy atom. The van der Waals surface area contributed by atoms with Crippen molar-refractivity contribution >= 4 is 22.5 Å². The SMILES string of the molecule is CC(C)(C)N(c1cccc(-c2ccccc2-c2ccccc2)c1)c1cccc2nc(-c3ccccc3)oc12. The fourth-order valence-electron chi connectivity index (χ4n) is 5.12. The van der Waals surface area contributed by atoms with Crippen LogP contribution in [0.2, 0.25) is 0 Å². The summed E-state index contributed by atoms with van der Waals surface area (Å²) in [5.74, 6) is 0.632. The largest absolute Gasteiger partial charge is 0.434 e. The van der Waals surface area contributed by atoms with Crippen molar-refractivity contribution < 1.29 is 4.42 Å². The van der Waals surface area contributed by atoms with Crippen LogP contribution in [0.25, 0.3) is 44.8 Å². The molecule has 1 heterocycles. The van der Waals surface area contributed by atoms with E-state index in [2.05, 4.69) is 117 Å². The van der Waals surface area contributed by atoms with E-state index in [4.69, 9.17) is 9.40 Å². The number of oxazole rings is 1. The van der Waals surface area contributed by atoms with Crippen LogP contribution in [0.4, 0.5) is 11.4 Å². The zero-order valence-corrected chi connectivity index (χ0v) is 21.9. The van der Waals surface area contributed by atoms with Crippen molar-refractivity contribution in [1.82, 2.24) is 4.98 Å². The zero-order chi connectivity index (χ0) is 26.1. The second-order valence-electron chi connectivity index (χ2n) is 10.5. The number of nitrogens with zero attached hydrogens (tertiary/aromatic N) is 2. The van der Waals surface area contributed by atoms with Gasteiger partial charge in [-0.25, -0.2) is 4.98 Å². The van der Waals surface area contributed by atoms with Crippen molar-refractivity contribution in [2.75, 3.05) is 4.90 Å². The minimum Gasteiger partial charge on any atom is -0.434 e. The minimum absolute atomic E-state index is 0.217. The first-order chi connectivity index (χ1) is 18.5. The van der Waals surface area contributed by atoms with Crippen LogP contribution in [0.1, 0.15) is 20.8 Å². The molecule has 0 saturated carbocycles. The molecule has 0 aliphatic heterocycles. The minimum atomic E-state index is -0.217. The molecule has 6 rings (SSSR count). The van der Waals surface area contributed by atoms with Gasteiger partial charge in [-0.3, -0.25) is 0 Å². The molecule has 6 aromatic rings. The maximum atomic E-state index is 6.42. The smallest absolute Gasteiger partial charge is 0.227 e. The molecule has 186 valence electrons. The summed E-state index contributed by atoms with van der Waals surface area (Å²) in [5, 5.41) is 0. The second kappa shape index (κ2) is 9.68. The first-order valence-corrected chi connectivity index (χ1v) is 13.0. The zero-order valence-electron chi connectivity index (χ0n) is 21.9.